The summed E-state index contributed by atoms with van der Waals surface area (Å²) in [5.41, 5.74) is 1.33. The molecule has 0 saturated heterocycles. The van der Waals surface area contributed by atoms with Crippen molar-refractivity contribution in [3.8, 4) is 0 Å². The molecule has 0 aliphatic carbocycles. The number of aromatic nitrogens is 4. The number of hydrogen-bond donors (Lipinski definition) is 1. The number of nitrogens with zero attached hydrogens (tertiary/aromatic N) is 4. The second-order valence-electron chi connectivity index (χ2n) is 4.37. The summed E-state index contributed by atoms with van der Waals surface area (Å²) in [5, 5.41) is 15.1. The average Bonchev–Trinajstić information content (AvgIpc) is 2.94. The second-order valence-corrected chi connectivity index (χ2v) is 5.72. The van der Waals surface area contributed by atoms with Crippen molar-refractivity contribution in [3.05, 3.63) is 27.2 Å². The van der Waals surface area contributed by atoms with Gasteiger partial charge in [-0.1, -0.05) is 0 Å². The van der Waals surface area contributed by atoms with Gasteiger partial charge in [-0.3, -0.25) is 0 Å². The van der Waals surface area contributed by atoms with Crippen LogP contribution >= 0.6 is 11.3 Å². The van der Waals surface area contributed by atoms with E-state index in [2.05, 4.69) is 40.8 Å². The predicted molar refractivity (Wildman–Crippen MR) is 74.3 cm³/mol. The third-order valence-corrected chi connectivity index (χ3v) is 4.03. The normalized spacial score (nSPS) is 11.1. The van der Waals surface area contributed by atoms with Gasteiger partial charge in [0.25, 0.3) is 0 Å². The van der Waals surface area contributed by atoms with Crippen molar-refractivity contribution in [1.82, 2.24) is 25.5 Å². The molecule has 0 aromatic carbocycles. The summed E-state index contributed by atoms with van der Waals surface area (Å²) < 4.78 is 6.82. The zero-order valence-electron chi connectivity index (χ0n) is 11.5. The Balaban J connectivity index is 1.95. The number of ether oxygens (including phenoxy) is 1. The molecule has 1 N–H and O–H groups in total. The molecule has 7 heteroatoms. The van der Waals surface area contributed by atoms with Gasteiger partial charge in [0.05, 0.1) is 19.7 Å². The minimum absolute atomic E-state index is 0.652. The fourth-order valence-electron chi connectivity index (χ4n) is 1.72. The van der Waals surface area contributed by atoms with Gasteiger partial charge in [-0.2, -0.15) is 0 Å². The molecule has 2 heterocycles. The van der Waals surface area contributed by atoms with Crippen molar-refractivity contribution in [2.45, 2.75) is 26.9 Å². The van der Waals surface area contributed by atoms with Crippen molar-refractivity contribution in [2.75, 3.05) is 20.3 Å². The molecule has 2 rings (SSSR count). The molecule has 0 fully saturated rings. The highest BCUT2D eigenvalue weighted by molar-refractivity contribution is 7.12. The lowest BCUT2D eigenvalue weighted by Crippen LogP contribution is -2.21. The van der Waals surface area contributed by atoms with Gasteiger partial charge in [0, 0.05) is 23.4 Å². The lowest BCUT2D eigenvalue weighted by atomic mass is 10.3. The molecule has 0 aliphatic rings. The minimum Gasteiger partial charge on any atom is -0.383 e. The summed E-state index contributed by atoms with van der Waals surface area (Å²) in [7, 11) is 1.69. The van der Waals surface area contributed by atoms with E-state index in [0.717, 1.165) is 18.9 Å². The van der Waals surface area contributed by atoms with Crippen LogP contribution in [0.5, 0.6) is 0 Å². The van der Waals surface area contributed by atoms with Crippen molar-refractivity contribution < 1.29 is 4.74 Å². The monoisotopic (exact) mass is 281 g/mol. The molecule has 19 heavy (non-hydrogen) atoms. The Morgan fingerprint density at radius 3 is 2.95 bits per heavy atom. The van der Waals surface area contributed by atoms with Crippen molar-refractivity contribution in [2.24, 2.45) is 0 Å². The van der Waals surface area contributed by atoms with E-state index in [0.29, 0.717) is 13.2 Å². The Labute approximate surface area is 116 Å². The molecule has 0 saturated carbocycles. The van der Waals surface area contributed by atoms with E-state index in [1.807, 2.05) is 4.68 Å². The number of hydrogen-bond acceptors (Lipinski definition) is 6. The first kappa shape index (κ1) is 14.1. The fraction of sp³-hybridized carbons (Fsp3) is 0.583. The summed E-state index contributed by atoms with van der Waals surface area (Å²) in [5.74, 6) is 0.847. The number of nitrogens with one attached hydrogen (secondary N) is 1. The van der Waals surface area contributed by atoms with Gasteiger partial charge in [-0.05, 0) is 35.9 Å². The maximum absolute atomic E-state index is 4.98. The molecule has 0 radical (unpaired) electrons. The van der Waals surface area contributed by atoms with E-state index >= 15 is 0 Å². The van der Waals surface area contributed by atoms with Gasteiger partial charge in [0.2, 0.25) is 0 Å². The first-order valence-electron chi connectivity index (χ1n) is 6.21. The van der Waals surface area contributed by atoms with E-state index < -0.39 is 0 Å². The largest absolute Gasteiger partial charge is 0.383 e. The molecule has 104 valence electrons. The van der Waals surface area contributed by atoms with Gasteiger partial charge in [-0.25, -0.2) is 4.68 Å². The highest BCUT2D eigenvalue weighted by Gasteiger charge is 2.08. The van der Waals surface area contributed by atoms with Crippen LogP contribution in [0.2, 0.25) is 0 Å². The van der Waals surface area contributed by atoms with Crippen LogP contribution in [-0.2, 0) is 17.8 Å². The van der Waals surface area contributed by atoms with Gasteiger partial charge < -0.3 is 10.1 Å². The summed E-state index contributed by atoms with van der Waals surface area (Å²) in [6.45, 7) is 7.12. The summed E-state index contributed by atoms with van der Waals surface area (Å²) in [4.78, 5) is 2.63. The molecular weight excluding hydrogens is 262 g/mol. The Bertz CT molecular complexity index is 502. The van der Waals surface area contributed by atoms with Gasteiger partial charge in [0.15, 0.2) is 5.82 Å². The van der Waals surface area contributed by atoms with Crippen LogP contribution in [0.3, 0.4) is 0 Å². The van der Waals surface area contributed by atoms with E-state index in [1.54, 1.807) is 18.4 Å². The molecule has 0 spiro atoms. The van der Waals surface area contributed by atoms with E-state index in [9.17, 15) is 0 Å². The smallest absolute Gasteiger partial charge is 0.165 e. The van der Waals surface area contributed by atoms with Crippen molar-refractivity contribution in [1.29, 1.82) is 0 Å². The van der Waals surface area contributed by atoms with Crippen LogP contribution in [0.4, 0.5) is 0 Å². The second kappa shape index (κ2) is 6.74. The van der Waals surface area contributed by atoms with Gasteiger partial charge in [0.1, 0.15) is 0 Å². The molecular formula is C12H19N5OS. The highest BCUT2D eigenvalue weighted by Crippen LogP contribution is 2.21. The average molecular weight is 281 g/mol. The van der Waals surface area contributed by atoms with E-state index in [-0.39, 0.29) is 0 Å². The van der Waals surface area contributed by atoms with Crippen molar-refractivity contribution in [3.63, 3.8) is 0 Å². The van der Waals surface area contributed by atoms with Crippen LogP contribution in [0, 0.1) is 13.8 Å². The lowest BCUT2D eigenvalue weighted by molar-refractivity contribution is 0.198. The molecule has 2 aromatic heterocycles. The Morgan fingerprint density at radius 1 is 1.42 bits per heavy atom. The third kappa shape index (κ3) is 3.82. The van der Waals surface area contributed by atoms with Gasteiger partial charge in [-0.15, -0.1) is 16.4 Å². The molecule has 0 atom stereocenters. The van der Waals surface area contributed by atoms with E-state index in [4.69, 9.17) is 4.74 Å². The number of methoxy groups -OCH3 is 1. The molecule has 0 aliphatic heterocycles. The van der Waals surface area contributed by atoms with Crippen molar-refractivity contribution >= 4 is 11.3 Å². The maximum atomic E-state index is 4.98. The summed E-state index contributed by atoms with van der Waals surface area (Å²) in [6.07, 6.45) is 0. The molecule has 0 bridgehead atoms. The molecule has 0 unspecified atom stereocenters. The summed E-state index contributed by atoms with van der Waals surface area (Å²) >= 11 is 1.80. The van der Waals surface area contributed by atoms with Crippen LogP contribution in [-0.4, -0.2) is 40.5 Å². The molecule has 0 amide bonds. The highest BCUT2D eigenvalue weighted by atomic mass is 32.1. The number of aryl methyl sites for hydroxylation is 2. The quantitative estimate of drug-likeness (QED) is 0.771. The van der Waals surface area contributed by atoms with Gasteiger partial charge >= 0.3 is 0 Å². The lowest BCUT2D eigenvalue weighted by Gasteiger charge is -2.04. The minimum atomic E-state index is 0.652. The maximum Gasteiger partial charge on any atom is 0.165 e. The van der Waals surface area contributed by atoms with Crippen LogP contribution < -0.4 is 5.32 Å². The SMILES string of the molecule is COCCNCc1nnnn1Cc1cc(C)c(C)s1. The van der Waals surface area contributed by atoms with Crippen LogP contribution in [0.15, 0.2) is 6.07 Å². The molecule has 2 aromatic rings. The standard InChI is InChI=1S/C12H19N5OS/c1-9-6-11(19-10(9)2)8-17-12(14-15-16-17)7-13-4-5-18-3/h6,13H,4-5,7-8H2,1-3H3. The predicted octanol–water partition coefficient (Wildman–Crippen LogP) is 1.14. The van der Waals surface area contributed by atoms with Crippen LogP contribution in [0.1, 0.15) is 21.1 Å². The van der Waals surface area contributed by atoms with E-state index in [1.165, 1.54) is 15.3 Å². The molecule has 6 nitrogen and oxygen atoms in total. The Kier molecular flexibility index (Phi) is 5.00. The third-order valence-electron chi connectivity index (χ3n) is 2.89. The van der Waals surface area contributed by atoms with Crippen LogP contribution in [0.25, 0.3) is 0 Å². The first-order chi connectivity index (χ1) is 9.20. The first-order valence-corrected chi connectivity index (χ1v) is 7.03. The Hall–Kier alpha value is -1.31. The number of rotatable bonds is 7. The zero-order chi connectivity index (χ0) is 13.7. The zero-order valence-corrected chi connectivity index (χ0v) is 12.3. The topological polar surface area (TPSA) is 64.9 Å². The number of tetrazole rings is 1. The summed E-state index contributed by atoms with van der Waals surface area (Å²) in [6, 6.07) is 2.20. The fourth-order valence-corrected chi connectivity index (χ4v) is 2.76. The Morgan fingerprint density at radius 2 is 2.26 bits per heavy atom. The number of thiophene rings is 1.